The van der Waals surface area contributed by atoms with E-state index in [1.807, 2.05) is 0 Å². The summed E-state index contributed by atoms with van der Waals surface area (Å²) in [4.78, 5) is 9.90. The predicted octanol–water partition coefficient (Wildman–Crippen LogP) is 0.903. The Morgan fingerprint density at radius 3 is 2.50 bits per heavy atom. The van der Waals surface area contributed by atoms with Crippen LogP contribution in [0.15, 0.2) is 0 Å². The predicted molar refractivity (Wildman–Crippen MR) is 56.9 cm³/mol. The van der Waals surface area contributed by atoms with Crippen LogP contribution in [0.25, 0.3) is 0 Å². The Kier molecular flexibility index (Phi) is 11.7. The van der Waals surface area contributed by atoms with Crippen LogP contribution in [0.2, 0.25) is 0 Å². The molecule has 0 radical (unpaired) electrons. The number of rotatable bonds is 6. The summed E-state index contributed by atoms with van der Waals surface area (Å²) in [5.74, 6) is 0. The Labute approximate surface area is 128 Å². The van der Waals surface area contributed by atoms with E-state index in [0.29, 0.717) is 19.3 Å². The zero-order valence-electron chi connectivity index (χ0n) is 8.04. The first kappa shape index (κ1) is 15.2. The number of hydrogen-bond donors (Lipinski definition) is 0. The Hall–Kier alpha value is 1.23. The van der Waals surface area contributed by atoms with Gasteiger partial charge in [-0.05, 0) is 12.8 Å². The van der Waals surface area contributed by atoms with Gasteiger partial charge in [0.2, 0.25) is 0 Å². The van der Waals surface area contributed by atoms with Gasteiger partial charge in [-0.25, -0.2) is 0 Å². The maximum atomic E-state index is 9.90. The number of carbonyl (C=O) groups excluding carboxylic acids is 1. The van der Waals surface area contributed by atoms with Crippen LogP contribution in [0.1, 0.15) is 32.1 Å². The van der Waals surface area contributed by atoms with Gasteiger partial charge in [0.05, 0.1) is 19.3 Å². The molecule has 0 atom stereocenters. The molecule has 0 saturated heterocycles. The monoisotopic (exact) mass is 226 g/mol. The number of carbonyl (C=O) groups is 1. The van der Waals surface area contributed by atoms with Crippen LogP contribution in [0.5, 0.6) is 0 Å². The molecule has 0 bridgehead atoms. The summed E-state index contributed by atoms with van der Waals surface area (Å²) in [5, 5.41) is 0. The summed E-state index contributed by atoms with van der Waals surface area (Å²) < 4.78 is 10.6. The topological polar surface area (TPSA) is 35.5 Å². The van der Waals surface area contributed by atoms with Crippen molar-refractivity contribution in [1.82, 2.24) is 0 Å². The van der Waals surface area contributed by atoms with Crippen LogP contribution in [0.4, 0.5) is 0 Å². The van der Waals surface area contributed by atoms with Gasteiger partial charge in [0.25, 0.3) is 0 Å². The fourth-order valence-electron chi connectivity index (χ4n) is 1.64. The molecule has 1 aliphatic carbocycles. The van der Waals surface area contributed by atoms with Crippen LogP contribution < -0.4 is 0 Å². The number of aldehydes is 1. The molecule has 0 aromatic carbocycles. The van der Waals surface area contributed by atoms with E-state index < -0.39 is 0 Å². The van der Waals surface area contributed by atoms with Crippen LogP contribution in [-0.2, 0) is 14.3 Å². The Morgan fingerprint density at radius 2 is 1.86 bits per heavy atom. The summed E-state index contributed by atoms with van der Waals surface area (Å²) in [6.07, 6.45) is 7.51. The normalized spacial score (nSPS) is 17.4. The molecule has 0 aliphatic heterocycles. The Bertz CT molecular complexity index is 135. The molecule has 1 saturated carbocycles. The standard InChI is InChI=1S/C10H18O3.K.H/c11-6-7-12-8-9-13-10-4-2-1-3-5-10;;/h6,10H,1-5,7-9H2;;. The van der Waals surface area contributed by atoms with Gasteiger partial charge >= 0.3 is 51.4 Å². The van der Waals surface area contributed by atoms with Crippen LogP contribution in [0, 0.1) is 0 Å². The van der Waals surface area contributed by atoms with Crippen molar-refractivity contribution >= 4 is 57.7 Å². The molecule has 0 aromatic rings. The quantitative estimate of drug-likeness (QED) is 0.383. The van der Waals surface area contributed by atoms with Gasteiger partial charge < -0.3 is 14.3 Å². The fraction of sp³-hybridized carbons (Fsp3) is 0.900. The second-order valence-corrected chi connectivity index (χ2v) is 3.37. The number of ether oxygens (including phenoxy) is 2. The molecule has 1 aliphatic rings. The molecule has 3 nitrogen and oxygen atoms in total. The molecule has 0 heterocycles. The molecule has 78 valence electrons. The van der Waals surface area contributed by atoms with Gasteiger partial charge in [-0.2, -0.15) is 0 Å². The molecule has 1 rings (SSSR count). The van der Waals surface area contributed by atoms with Crippen LogP contribution in [-0.4, -0.2) is 83.6 Å². The molecular weight excluding hydrogens is 207 g/mol. The van der Waals surface area contributed by atoms with Crippen molar-refractivity contribution in [2.24, 2.45) is 0 Å². The third-order valence-electron chi connectivity index (χ3n) is 2.32. The molecule has 0 aromatic heterocycles. The van der Waals surface area contributed by atoms with Crippen molar-refractivity contribution in [3.63, 3.8) is 0 Å². The van der Waals surface area contributed by atoms with E-state index in [1.165, 1.54) is 32.1 Å². The summed E-state index contributed by atoms with van der Waals surface area (Å²) in [6, 6.07) is 0. The third-order valence-corrected chi connectivity index (χ3v) is 2.32. The van der Waals surface area contributed by atoms with Crippen molar-refractivity contribution in [2.45, 2.75) is 38.2 Å². The first-order valence-corrected chi connectivity index (χ1v) is 5.06. The van der Waals surface area contributed by atoms with Crippen LogP contribution in [0.3, 0.4) is 0 Å². The zero-order chi connectivity index (χ0) is 9.36. The molecule has 1 fully saturated rings. The molecule has 0 unspecified atom stereocenters. The molecule has 4 heteroatoms. The number of hydrogen-bond acceptors (Lipinski definition) is 3. The van der Waals surface area contributed by atoms with Gasteiger partial charge in [0.1, 0.15) is 12.9 Å². The van der Waals surface area contributed by atoms with E-state index in [-0.39, 0.29) is 58.0 Å². The molecule has 0 amide bonds. The fourth-order valence-corrected chi connectivity index (χ4v) is 1.64. The third kappa shape index (κ3) is 7.51. The van der Waals surface area contributed by atoms with E-state index >= 15 is 0 Å². The summed E-state index contributed by atoms with van der Waals surface area (Å²) in [7, 11) is 0. The minimum absolute atomic E-state index is 0. The van der Waals surface area contributed by atoms with Crippen molar-refractivity contribution in [3.8, 4) is 0 Å². The average molecular weight is 226 g/mol. The maximum absolute atomic E-state index is 9.90. The van der Waals surface area contributed by atoms with E-state index in [2.05, 4.69) is 0 Å². The Morgan fingerprint density at radius 1 is 1.14 bits per heavy atom. The second-order valence-electron chi connectivity index (χ2n) is 3.37. The van der Waals surface area contributed by atoms with Crippen molar-refractivity contribution in [3.05, 3.63) is 0 Å². The summed E-state index contributed by atoms with van der Waals surface area (Å²) >= 11 is 0. The van der Waals surface area contributed by atoms with Gasteiger partial charge in [-0.3, -0.25) is 0 Å². The molecular formula is C10H19KO3. The van der Waals surface area contributed by atoms with Gasteiger partial charge in [-0.1, -0.05) is 19.3 Å². The molecule has 14 heavy (non-hydrogen) atoms. The minimum atomic E-state index is 0. The van der Waals surface area contributed by atoms with Gasteiger partial charge in [0, 0.05) is 0 Å². The first-order chi connectivity index (χ1) is 6.43. The average Bonchev–Trinajstić information content (AvgIpc) is 2.19. The van der Waals surface area contributed by atoms with Gasteiger partial charge in [0.15, 0.2) is 0 Å². The van der Waals surface area contributed by atoms with Crippen LogP contribution >= 0.6 is 0 Å². The van der Waals surface area contributed by atoms with E-state index in [9.17, 15) is 4.79 Å². The summed E-state index contributed by atoms with van der Waals surface area (Å²) in [5.41, 5.74) is 0. The Balaban J connectivity index is 0.00000169. The van der Waals surface area contributed by atoms with E-state index in [0.717, 1.165) is 6.29 Å². The first-order valence-electron chi connectivity index (χ1n) is 5.06. The van der Waals surface area contributed by atoms with Crippen molar-refractivity contribution in [1.29, 1.82) is 0 Å². The van der Waals surface area contributed by atoms with Crippen molar-refractivity contribution in [2.75, 3.05) is 19.8 Å². The molecule has 0 N–H and O–H groups in total. The van der Waals surface area contributed by atoms with E-state index in [1.54, 1.807) is 0 Å². The second kappa shape index (κ2) is 10.7. The van der Waals surface area contributed by atoms with Gasteiger partial charge in [-0.15, -0.1) is 0 Å². The van der Waals surface area contributed by atoms with Crippen molar-refractivity contribution < 1.29 is 14.3 Å². The summed E-state index contributed by atoms with van der Waals surface area (Å²) in [6.45, 7) is 1.35. The zero-order valence-corrected chi connectivity index (χ0v) is 8.04. The SMILES string of the molecule is O=CCOCCOC1CCCCC1.[KH]. The molecule has 0 spiro atoms. The van der Waals surface area contributed by atoms with E-state index in [4.69, 9.17) is 9.47 Å².